The SMILES string of the molecule is CC1CCC(N(CCCCN(C(=O)OC(C)(C)C)C(=O)OC(C)(C)C)c2cccc3c2CN(C2CCC(=O)NC2=O)C3=O)CC1. The van der Waals surface area contributed by atoms with Crippen LogP contribution in [0.5, 0.6) is 0 Å². The normalized spacial score (nSPS) is 22.1. The van der Waals surface area contributed by atoms with Gasteiger partial charge in [0.15, 0.2) is 0 Å². The molecule has 0 spiro atoms. The number of hydrogen-bond donors (Lipinski definition) is 1. The standard InChI is InChI=1S/C34H50N4O7/c1-22-13-15-23(16-14-22)36(19-8-9-20-37(31(42)44-33(2,3)4)32(43)45-34(5,6)7)26-12-10-11-24-25(26)21-38(30(24)41)27-17-18-28(39)35-29(27)40/h10-12,22-23,27H,8-9,13-21H2,1-7H3,(H,35,39,40). The molecule has 248 valence electrons. The molecule has 1 saturated carbocycles. The van der Waals surface area contributed by atoms with E-state index in [4.69, 9.17) is 9.47 Å². The number of piperidine rings is 1. The molecule has 1 atom stereocenters. The number of unbranched alkanes of at least 4 members (excludes halogenated alkanes) is 1. The van der Waals surface area contributed by atoms with Gasteiger partial charge in [0, 0.05) is 48.9 Å². The summed E-state index contributed by atoms with van der Waals surface area (Å²) in [4.78, 5) is 68.9. The van der Waals surface area contributed by atoms with Crippen molar-refractivity contribution in [1.29, 1.82) is 0 Å². The molecule has 0 bridgehead atoms. The minimum atomic E-state index is -0.765. The van der Waals surface area contributed by atoms with Crippen molar-refractivity contribution in [2.75, 3.05) is 18.0 Å². The van der Waals surface area contributed by atoms with Crippen molar-refractivity contribution in [3.63, 3.8) is 0 Å². The predicted molar refractivity (Wildman–Crippen MR) is 170 cm³/mol. The van der Waals surface area contributed by atoms with Gasteiger partial charge < -0.3 is 19.3 Å². The lowest BCUT2D eigenvalue weighted by molar-refractivity contribution is -0.136. The zero-order valence-corrected chi connectivity index (χ0v) is 27.9. The Morgan fingerprint density at radius 1 is 0.889 bits per heavy atom. The van der Waals surface area contributed by atoms with Crippen LogP contribution in [0.25, 0.3) is 0 Å². The van der Waals surface area contributed by atoms with E-state index in [2.05, 4.69) is 17.1 Å². The van der Waals surface area contributed by atoms with E-state index in [0.29, 0.717) is 43.8 Å². The van der Waals surface area contributed by atoms with Crippen molar-refractivity contribution < 1.29 is 33.4 Å². The third-order valence-corrected chi connectivity index (χ3v) is 8.55. The molecule has 2 fully saturated rings. The van der Waals surface area contributed by atoms with Crippen molar-refractivity contribution in [2.45, 2.75) is 130 Å². The predicted octanol–water partition coefficient (Wildman–Crippen LogP) is 5.79. The number of carbonyl (C=O) groups is 5. The van der Waals surface area contributed by atoms with E-state index < -0.39 is 35.3 Å². The number of nitrogens with zero attached hydrogens (tertiary/aromatic N) is 3. The molecular formula is C34H50N4O7. The van der Waals surface area contributed by atoms with Crippen LogP contribution in [0, 0.1) is 5.92 Å². The Hall–Kier alpha value is -3.63. The minimum Gasteiger partial charge on any atom is -0.443 e. The van der Waals surface area contributed by atoms with Crippen LogP contribution < -0.4 is 10.2 Å². The zero-order chi connectivity index (χ0) is 33.1. The maximum absolute atomic E-state index is 13.5. The van der Waals surface area contributed by atoms with Gasteiger partial charge in [-0.25, -0.2) is 14.5 Å². The summed E-state index contributed by atoms with van der Waals surface area (Å²) in [6.07, 6.45) is 4.55. The molecule has 1 saturated heterocycles. The molecule has 1 aliphatic carbocycles. The Labute approximate surface area is 266 Å². The van der Waals surface area contributed by atoms with Crippen LogP contribution in [-0.2, 0) is 25.6 Å². The highest BCUT2D eigenvalue weighted by atomic mass is 16.6. The van der Waals surface area contributed by atoms with Gasteiger partial charge in [0.2, 0.25) is 11.8 Å². The number of hydrogen-bond acceptors (Lipinski definition) is 8. The average molecular weight is 627 g/mol. The number of anilines is 1. The van der Waals surface area contributed by atoms with Crippen LogP contribution in [0.4, 0.5) is 15.3 Å². The second-order valence-corrected chi connectivity index (χ2v) is 14.6. The van der Waals surface area contributed by atoms with Crippen LogP contribution in [0.15, 0.2) is 18.2 Å². The summed E-state index contributed by atoms with van der Waals surface area (Å²) in [7, 11) is 0. The van der Waals surface area contributed by atoms with E-state index in [9.17, 15) is 24.0 Å². The van der Waals surface area contributed by atoms with Gasteiger partial charge in [-0.2, -0.15) is 0 Å². The van der Waals surface area contributed by atoms with Gasteiger partial charge in [0.05, 0.1) is 0 Å². The highest BCUT2D eigenvalue weighted by molar-refractivity contribution is 6.06. The lowest BCUT2D eigenvalue weighted by Gasteiger charge is -2.39. The Morgan fingerprint density at radius 3 is 2.07 bits per heavy atom. The van der Waals surface area contributed by atoms with E-state index in [-0.39, 0.29) is 30.8 Å². The first-order valence-electron chi connectivity index (χ1n) is 16.3. The maximum atomic E-state index is 13.5. The van der Waals surface area contributed by atoms with E-state index in [1.54, 1.807) is 46.4 Å². The molecule has 0 aromatic heterocycles. The van der Waals surface area contributed by atoms with E-state index in [1.165, 1.54) is 0 Å². The second-order valence-electron chi connectivity index (χ2n) is 14.6. The Kier molecular flexibility index (Phi) is 10.5. The summed E-state index contributed by atoms with van der Waals surface area (Å²) in [6.45, 7) is 13.9. The van der Waals surface area contributed by atoms with Gasteiger partial charge in [0.25, 0.3) is 5.91 Å². The van der Waals surface area contributed by atoms with Crippen molar-refractivity contribution in [1.82, 2.24) is 15.1 Å². The molecule has 45 heavy (non-hydrogen) atoms. The molecule has 4 rings (SSSR count). The molecule has 11 nitrogen and oxygen atoms in total. The first-order chi connectivity index (χ1) is 21.0. The molecule has 1 unspecified atom stereocenters. The lowest BCUT2D eigenvalue weighted by atomic mass is 9.86. The fourth-order valence-electron chi connectivity index (χ4n) is 6.34. The third kappa shape index (κ3) is 8.76. The number of carbonyl (C=O) groups excluding carboxylic acids is 5. The smallest absolute Gasteiger partial charge is 0.419 e. The topological polar surface area (TPSA) is 126 Å². The molecule has 1 aromatic carbocycles. The zero-order valence-electron chi connectivity index (χ0n) is 27.9. The molecule has 1 N–H and O–H groups in total. The van der Waals surface area contributed by atoms with Gasteiger partial charge in [0.1, 0.15) is 17.2 Å². The van der Waals surface area contributed by atoms with E-state index >= 15 is 0 Å². The molecule has 5 amide bonds. The molecule has 1 aromatic rings. The minimum absolute atomic E-state index is 0.147. The number of imide groups is 2. The Morgan fingerprint density at radius 2 is 1.49 bits per heavy atom. The highest BCUT2D eigenvalue weighted by Crippen LogP contribution is 2.38. The fraction of sp³-hybridized carbons (Fsp3) is 0.676. The van der Waals surface area contributed by atoms with E-state index in [0.717, 1.165) is 41.8 Å². The van der Waals surface area contributed by atoms with Crippen LogP contribution >= 0.6 is 0 Å². The highest BCUT2D eigenvalue weighted by Gasteiger charge is 2.41. The fourth-order valence-corrected chi connectivity index (χ4v) is 6.34. The van der Waals surface area contributed by atoms with Crippen LogP contribution in [-0.4, -0.2) is 76.1 Å². The molecule has 11 heteroatoms. The van der Waals surface area contributed by atoms with Gasteiger partial charge in [-0.15, -0.1) is 0 Å². The van der Waals surface area contributed by atoms with Crippen molar-refractivity contribution in [3.05, 3.63) is 29.3 Å². The summed E-state index contributed by atoms with van der Waals surface area (Å²) in [5, 5.41) is 2.38. The van der Waals surface area contributed by atoms with E-state index in [1.807, 2.05) is 18.2 Å². The van der Waals surface area contributed by atoms with Gasteiger partial charge >= 0.3 is 12.2 Å². The first-order valence-corrected chi connectivity index (χ1v) is 16.3. The molecular weight excluding hydrogens is 576 g/mol. The summed E-state index contributed by atoms with van der Waals surface area (Å²) in [5.41, 5.74) is 0.937. The van der Waals surface area contributed by atoms with Gasteiger partial charge in [-0.3, -0.25) is 19.7 Å². The summed E-state index contributed by atoms with van der Waals surface area (Å²) in [6, 6.07) is 5.36. The number of nitrogens with one attached hydrogen (secondary N) is 1. The van der Waals surface area contributed by atoms with Gasteiger partial charge in [-0.1, -0.05) is 13.0 Å². The van der Waals surface area contributed by atoms with Gasteiger partial charge in [-0.05, 0) is 105 Å². The number of ether oxygens (including phenoxy) is 2. The summed E-state index contributed by atoms with van der Waals surface area (Å²) < 4.78 is 11.0. The van der Waals surface area contributed by atoms with Crippen molar-refractivity contribution >= 4 is 35.6 Å². The number of benzene rings is 1. The van der Waals surface area contributed by atoms with Crippen LogP contribution in [0.3, 0.4) is 0 Å². The number of amides is 5. The first kappa shape index (κ1) is 34.2. The third-order valence-electron chi connectivity index (χ3n) is 8.55. The Bertz CT molecular complexity index is 1260. The molecule has 3 aliphatic rings. The number of fused-ring (bicyclic) bond motifs is 1. The molecule has 2 heterocycles. The summed E-state index contributed by atoms with van der Waals surface area (Å²) in [5.74, 6) is -0.267. The maximum Gasteiger partial charge on any atom is 0.419 e. The Balaban J connectivity index is 1.52. The number of rotatable bonds is 8. The summed E-state index contributed by atoms with van der Waals surface area (Å²) >= 11 is 0. The quantitative estimate of drug-likeness (QED) is 0.284. The largest absolute Gasteiger partial charge is 0.443 e. The lowest BCUT2D eigenvalue weighted by Crippen LogP contribution is -2.52. The van der Waals surface area contributed by atoms with Crippen LogP contribution in [0.1, 0.15) is 116 Å². The molecule has 2 aliphatic heterocycles. The average Bonchev–Trinajstić information content (AvgIpc) is 3.25. The van der Waals surface area contributed by atoms with Crippen molar-refractivity contribution in [2.24, 2.45) is 5.92 Å². The van der Waals surface area contributed by atoms with Crippen molar-refractivity contribution in [3.8, 4) is 0 Å². The molecule has 0 radical (unpaired) electrons. The monoisotopic (exact) mass is 626 g/mol. The second kappa shape index (κ2) is 13.8. The van der Waals surface area contributed by atoms with Crippen LogP contribution in [0.2, 0.25) is 0 Å².